The standard InChI is InChI=1S/C37H36F3N5O3/c1-2-25-28(38)7-4-21-12-24(46)13-26(30(21)25)31-29(39)14-27-33(32(31)40)42-35(43-34(27)45-15-22-5-6-23(16-45)41-22)47-20-36(9-10-36)17-44-18-37(19-44)8-3-11-48-37/h1,4,7,12-14,22-23,41,46H,3,5-6,8-11,15-20H2. The minimum atomic E-state index is -0.959. The van der Waals surface area contributed by atoms with Gasteiger partial charge in [-0.2, -0.15) is 9.97 Å². The van der Waals surface area contributed by atoms with Crippen LogP contribution in [0.5, 0.6) is 11.8 Å². The highest BCUT2D eigenvalue weighted by Crippen LogP contribution is 2.49. The Morgan fingerprint density at radius 1 is 1.04 bits per heavy atom. The van der Waals surface area contributed by atoms with Gasteiger partial charge in [0.2, 0.25) is 0 Å². The molecule has 4 aliphatic heterocycles. The number of aromatic nitrogens is 2. The fourth-order valence-electron chi connectivity index (χ4n) is 8.55. The molecule has 11 heteroatoms. The Kier molecular flexibility index (Phi) is 6.84. The molecule has 0 amide bonds. The van der Waals surface area contributed by atoms with Crippen molar-refractivity contribution in [2.75, 3.05) is 50.8 Å². The molecule has 3 aromatic carbocycles. The Hall–Kier alpha value is -4.11. The number of hydrogen-bond donors (Lipinski definition) is 2. The third kappa shape index (κ3) is 4.96. The van der Waals surface area contributed by atoms with Crippen LogP contribution in [0.4, 0.5) is 19.0 Å². The summed E-state index contributed by atoms with van der Waals surface area (Å²) >= 11 is 0. The number of halogens is 3. The number of terminal acetylenes is 1. The quantitative estimate of drug-likeness (QED) is 0.252. The topological polar surface area (TPSA) is 83.0 Å². The second-order valence-corrected chi connectivity index (χ2v) is 14.5. The van der Waals surface area contributed by atoms with Gasteiger partial charge in [-0.15, -0.1) is 6.42 Å². The number of aromatic hydroxyl groups is 1. The number of phenols is 1. The average molecular weight is 656 g/mol. The molecule has 2 atom stereocenters. The monoisotopic (exact) mass is 655 g/mol. The van der Waals surface area contributed by atoms with Crippen LogP contribution in [0.15, 0.2) is 30.3 Å². The number of piperazine rings is 1. The molecule has 4 saturated heterocycles. The van der Waals surface area contributed by atoms with E-state index in [0.717, 1.165) is 64.8 Å². The lowest BCUT2D eigenvalue weighted by molar-refractivity contribution is -0.117. The molecule has 5 aliphatic rings. The molecule has 1 saturated carbocycles. The highest BCUT2D eigenvalue weighted by atomic mass is 19.1. The molecule has 9 rings (SSSR count). The van der Waals surface area contributed by atoms with Crippen LogP contribution in [0.1, 0.15) is 44.1 Å². The van der Waals surface area contributed by atoms with Gasteiger partial charge in [0.15, 0.2) is 5.82 Å². The van der Waals surface area contributed by atoms with E-state index < -0.39 is 23.0 Å². The lowest BCUT2D eigenvalue weighted by atomic mass is 9.89. The Bertz CT molecular complexity index is 2000. The molecule has 248 valence electrons. The third-order valence-corrected chi connectivity index (χ3v) is 11.1. The molecular formula is C37H36F3N5O3. The molecular weight excluding hydrogens is 619 g/mol. The summed E-state index contributed by atoms with van der Waals surface area (Å²) in [6, 6.07) is 6.95. The van der Waals surface area contributed by atoms with Gasteiger partial charge in [0.05, 0.1) is 23.3 Å². The SMILES string of the molecule is C#Cc1c(F)ccc2cc(O)cc(-c3c(F)cc4c(N5CC6CCC(C5)N6)nc(OCC5(CN6CC7(CCCO7)C6)CC5)nc4c3F)c12. The van der Waals surface area contributed by atoms with E-state index in [1.807, 2.05) is 0 Å². The largest absolute Gasteiger partial charge is 0.508 e. The fraction of sp³-hybridized carbons (Fsp3) is 0.459. The molecule has 2 unspecified atom stereocenters. The maximum absolute atomic E-state index is 16.9. The van der Waals surface area contributed by atoms with E-state index in [2.05, 4.69) is 26.0 Å². The number of hydrogen-bond acceptors (Lipinski definition) is 8. The number of ether oxygens (including phenoxy) is 2. The number of nitrogens with zero attached hydrogens (tertiary/aromatic N) is 4. The number of fused-ring (bicyclic) bond motifs is 4. The van der Waals surface area contributed by atoms with Gasteiger partial charge in [-0.3, -0.25) is 4.90 Å². The van der Waals surface area contributed by atoms with Crippen molar-refractivity contribution >= 4 is 27.5 Å². The molecule has 8 nitrogen and oxygen atoms in total. The van der Waals surface area contributed by atoms with Crippen molar-refractivity contribution < 1.29 is 27.8 Å². The summed E-state index contributed by atoms with van der Waals surface area (Å²) in [7, 11) is 0. The van der Waals surface area contributed by atoms with Crippen molar-refractivity contribution in [2.45, 2.75) is 56.2 Å². The van der Waals surface area contributed by atoms with Gasteiger partial charge in [0.25, 0.3) is 0 Å². The fourth-order valence-corrected chi connectivity index (χ4v) is 8.55. The van der Waals surface area contributed by atoms with E-state index in [-0.39, 0.29) is 62.3 Å². The highest BCUT2D eigenvalue weighted by molar-refractivity contribution is 6.04. The number of rotatable bonds is 7. The van der Waals surface area contributed by atoms with Gasteiger partial charge in [0, 0.05) is 73.2 Å². The number of nitrogens with one attached hydrogen (secondary N) is 1. The molecule has 5 heterocycles. The molecule has 5 fully saturated rings. The molecule has 1 aromatic heterocycles. The van der Waals surface area contributed by atoms with Gasteiger partial charge in [-0.1, -0.05) is 12.0 Å². The number of likely N-dealkylation sites (tertiary alicyclic amines) is 1. The first-order chi connectivity index (χ1) is 23.2. The molecule has 48 heavy (non-hydrogen) atoms. The number of benzene rings is 3. The van der Waals surface area contributed by atoms with Crippen LogP contribution >= 0.6 is 0 Å². The van der Waals surface area contributed by atoms with E-state index in [9.17, 15) is 9.50 Å². The predicted octanol–water partition coefficient (Wildman–Crippen LogP) is 5.52. The zero-order valence-electron chi connectivity index (χ0n) is 26.5. The number of phenolic OH excluding ortho intramolecular Hbond substituents is 1. The van der Waals surface area contributed by atoms with Crippen LogP contribution in [0.3, 0.4) is 0 Å². The van der Waals surface area contributed by atoms with Crippen molar-refractivity contribution in [1.29, 1.82) is 0 Å². The lowest BCUT2D eigenvalue weighted by Crippen LogP contribution is -2.62. The van der Waals surface area contributed by atoms with Gasteiger partial charge < -0.3 is 24.8 Å². The highest BCUT2D eigenvalue weighted by Gasteiger charge is 2.52. The van der Waals surface area contributed by atoms with Gasteiger partial charge in [0.1, 0.15) is 28.7 Å². The van der Waals surface area contributed by atoms with Crippen molar-refractivity contribution in [3.05, 3.63) is 53.3 Å². The van der Waals surface area contributed by atoms with Gasteiger partial charge >= 0.3 is 6.01 Å². The summed E-state index contributed by atoms with van der Waals surface area (Å²) in [6.07, 6.45) is 12.0. The van der Waals surface area contributed by atoms with Crippen molar-refractivity contribution in [3.63, 3.8) is 0 Å². The molecule has 1 aliphatic carbocycles. The Labute approximate surface area is 276 Å². The van der Waals surface area contributed by atoms with Crippen molar-refractivity contribution in [2.24, 2.45) is 5.41 Å². The summed E-state index contributed by atoms with van der Waals surface area (Å²) in [5.74, 6) is -0.0581. The zero-order chi connectivity index (χ0) is 32.8. The Balaban J connectivity index is 1.12. The van der Waals surface area contributed by atoms with Gasteiger partial charge in [-0.25, -0.2) is 13.2 Å². The second kappa shape index (κ2) is 11.0. The van der Waals surface area contributed by atoms with Crippen LogP contribution in [0.2, 0.25) is 0 Å². The zero-order valence-corrected chi connectivity index (χ0v) is 26.5. The number of anilines is 1. The maximum atomic E-state index is 16.9. The molecule has 4 aromatic rings. The lowest BCUT2D eigenvalue weighted by Gasteiger charge is -2.48. The first-order valence-corrected chi connectivity index (χ1v) is 16.8. The van der Waals surface area contributed by atoms with Crippen LogP contribution in [-0.4, -0.2) is 83.6 Å². The molecule has 2 N–H and O–H groups in total. The minimum Gasteiger partial charge on any atom is -0.508 e. The summed E-state index contributed by atoms with van der Waals surface area (Å²) in [6.45, 7) is 5.25. The normalized spacial score (nSPS) is 23.9. The molecule has 0 radical (unpaired) electrons. The van der Waals surface area contributed by atoms with Crippen molar-refractivity contribution in [1.82, 2.24) is 20.2 Å². The summed E-state index contributed by atoms with van der Waals surface area (Å²) in [4.78, 5) is 13.8. The second-order valence-electron chi connectivity index (χ2n) is 14.5. The van der Waals surface area contributed by atoms with E-state index in [1.165, 1.54) is 30.3 Å². The summed E-state index contributed by atoms with van der Waals surface area (Å²) < 4.78 is 60.3. The Morgan fingerprint density at radius 2 is 1.83 bits per heavy atom. The first kappa shape index (κ1) is 30.0. The van der Waals surface area contributed by atoms with Crippen LogP contribution in [0, 0.1) is 35.2 Å². The van der Waals surface area contributed by atoms with E-state index in [4.69, 9.17) is 20.9 Å². The van der Waals surface area contributed by atoms with Crippen molar-refractivity contribution in [3.8, 4) is 35.2 Å². The average Bonchev–Trinajstić information content (AvgIpc) is 3.48. The van der Waals surface area contributed by atoms with Crippen LogP contribution in [-0.2, 0) is 4.74 Å². The van der Waals surface area contributed by atoms with E-state index in [0.29, 0.717) is 30.9 Å². The van der Waals surface area contributed by atoms with Crippen LogP contribution < -0.4 is 15.0 Å². The van der Waals surface area contributed by atoms with Gasteiger partial charge in [-0.05, 0) is 68.2 Å². The molecule has 1 spiro atoms. The molecule has 2 bridgehead atoms. The van der Waals surface area contributed by atoms with Crippen LogP contribution in [0.25, 0.3) is 32.8 Å². The maximum Gasteiger partial charge on any atom is 0.319 e. The first-order valence-electron chi connectivity index (χ1n) is 16.8. The predicted molar refractivity (Wildman–Crippen MR) is 176 cm³/mol. The summed E-state index contributed by atoms with van der Waals surface area (Å²) in [5, 5.41) is 14.8. The Morgan fingerprint density at radius 3 is 2.54 bits per heavy atom. The summed E-state index contributed by atoms with van der Waals surface area (Å²) in [5.41, 5.74) is -0.787. The third-order valence-electron chi connectivity index (χ3n) is 11.1. The minimum absolute atomic E-state index is 0.0220. The smallest absolute Gasteiger partial charge is 0.319 e. The van der Waals surface area contributed by atoms with E-state index >= 15 is 8.78 Å². The van der Waals surface area contributed by atoms with E-state index in [1.54, 1.807) is 0 Å².